The summed E-state index contributed by atoms with van der Waals surface area (Å²) in [5.74, 6) is 0.730. The summed E-state index contributed by atoms with van der Waals surface area (Å²) in [6.45, 7) is 1.75. The van der Waals surface area contributed by atoms with Crippen molar-refractivity contribution in [1.82, 2.24) is 0 Å². The van der Waals surface area contributed by atoms with Crippen LogP contribution < -0.4 is 14.8 Å². The summed E-state index contributed by atoms with van der Waals surface area (Å²) in [5.41, 5.74) is 0.994. The predicted octanol–water partition coefficient (Wildman–Crippen LogP) is 4.07. The highest BCUT2D eigenvalue weighted by molar-refractivity contribution is 6.06. The third-order valence-electron chi connectivity index (χ3n) is 3.62. The Morgan fingerprint density at radius 3 is 2.35 bits per heavy atom. The van der Waals surface area contributed by atoms with E-state index in [1.54, 1.807) is 67.6 Å². The molecule has 0 spiro atoms. The number of hydrogen-bond donors (Lipinski definition) is 1. The molecule has 6 nitrogen and oxygen atoms in total. The van der Waals surface area contributed by atoms with Crippen LogP contribution >= 0.6 is 0 Å². The van der Waals surface area contributed by atoms with Crippen molar-refractivity contribution >= 4 is 17.6 Å². The molecule has 0 unspecified atom stereocenters. The van der Waals surface area contributed by atoms with Crippen LogP contribution in [0.25, 0.3) is 0 Å². The molecule has 2 aromatic carbocycles. The number of para-hydroxylation sites is 1. The lowest BCUT2D eigenvalue weighted by Crippen LogP contribution is -2.13. The van der Waals surface area contributed by atoms with Gasteiger partial charge in [-0.1, -0.05) is 12.1 Å². The maximum absolute atomic E-state index is 12.4. The molecule has 0 saturated carbocycles. The first-order valence-corrected chi connectivity index (χ1v) is 7.90. The molecule has 0 saturated heterocycles. The van der Waals surface area contributed by atoms with Gasteiger partial charge in [0, 0.05) is 5.69 Å². The highest BCUT2D eigenvalue weighted by atomic mass is 16.5. The van der Waals surface area contributed by atoms with Crippen molar-refractivity contribution < 1.29 is 23.5 Å². The lowest BCUT2D eigenvalue weighted by Gasteiger charge is -2.09. The molecule has 132 valence electrons. The molecule has 0 fully saturated rings. The van der Waals surface area contributed by atoms with E-state index in [1.807, 2.05) is 0 Å². The van der Waals surface area contributed by atoms with Crippen molar-refractivity contribution in [1.29, 1.82) is 0 Å². The Balaban J connectivity index is 1.66. The second kappa shape index (κ2) is 7.57. The number of anilines is 1. The zero-order valence-electron chi connectivity index (χ0n) is 14.3. The number of methoxy groups -OCH3 is 1. The number of furan rings is 1. The molecule has 6 heteroatoms. The molecule has 3 aromatic rings. The van der Waals surface area contributed by atoms with E-state index in [-0.39, 0.29) is 11.7 Å². The molecular weight excluding hydrogens is 334 g/mol. The van der Waals surface area contributed by atoms with Crippen LogP contribution in [0.4, 0.5) is 5.69 Å². The number of hydrogen-bond acceptors (Lipinski definition) is 5. The number of rotatable bonds is 5. The summed E-state index contributed by atoms with van der Waals surface area (Å²) < 4.78 is 15.6. The van der Waals surface area contributed by atoms with Crippen molar-refractivity contribution in [3.63, 3.8) is 0 Å². The van der Waals surface area contributed by atoms with Crippen LogP contribution in [0.2, 0.25) is 0 Å². The van der Waals surface area contributed by atoms with Gasteiger partial charge >= 0.3 is 5.97 Å². The Morgan fingerprint density at radius 2 is 1.69 bits per heavy atom. The largest absolute Gasteiger partial charge is 0.496 e. The van der Waals surface area contributed by atoms with Crippen molar-refractivity contribution in [3.8, 4) is 11.5 Å². The molecule has 0 aliphatic heterocycles. The summed E-state index contributed by atoms with van der Waals surface area (Å²) in [5, 5.41) is 2.77. The second-order valence-electron chi connectivity index (χ2n) is 5.48. The van der Waals surface area contributed by atoms with E-state index in [9.17, 15) is 9.59 Å². The van der Waals surface area contributed by atoms with Gasteiger partial charge < -0.3 is 19.2 Å². The van der Waals surface area contributed by atoms with E-state index in [0.29, 0.717) is 28.5 Å². The standard InChI is InChI=1S/C20H17NO5/c1-13-7-12-18(25-13)20(23)26-15-10-8-14(9-11-15)21-19(22)16-5-3-4-6-17(16)24-2/h3-12H,1-2H3,(H,21,22). The lowest BCUT2D eigenvalue weighted by molar-refractivity contribution is 0.0699. The molecule has 0 atom stereocenters. The fourth-order valence-corrected chi connectivity index (χ4v) is 2.34. The molecule has 3 rings (SSSR count). The van der Waals surface area contributed by atoms with Gasteiger partial charge in [-0.3, -0.25) is 4.79 Å². The van der Waals surface area contributed by atoms with Crippen LogP contribution in [0.5, 0.6) is 11.5 Å². The summed E-state index contributed by atoms with van der Waals surface area (Å²) in [4.78, 5) is 24.3. The van der Waals surface area contributed by atoms with Crippen molar-refractivity contribution in [3.05, 3.63) is 77.7 Å². The topological polar surface area (TPSA) is 77.8 Å². The molecule has 26 heavy (non-hydrogen) atoms. The number of carbonyl (C=O) groups excluding carboxylic acids is 2. The smallest absolute Gasteiger partial charge is 0.379 e. The van der Waals surface area contributed by atoms with E-state index in [4.69, 9.17) is 13.9 Å². The number of aryl methyl sites for hydroxylation is 1. The number of carbonyl (C=O) groups is 2. The average molecular weight is 351 g/mol. The molecule has 1 amide bonds. The minimum absolute atomic E-state index is 0.135. The highest BCUT2D eigenvalue weighted by Crippen LogP contribution is 2.21. The lowest BCUT2D eigenvalue weighted by atomic mass is 10.2. The molecule has 1 aromatic heterocycles. The van der Waals surface area contributed by atoms with Crippen LogP contribution in [-0.2, 0) is 0 Å². The van der Waals surface area contributed by atoms with Crippen molar-refractivity contribution in [2.75, 3.05) is 12.4 Å². The summed E-state index contributed by atoms with van der Waals surface area (Å²) in [6, 6.07) is 16.6. The molecule has 0 radical (unpaired) electrons. The van der Waals surface area contributed by atoms with Crippen molar-refractivity contribution in [2.45, 2.75) is 6.92 Å². The average Bonchev–Trinajstić information content (AvgIpc) is 3.10. The van der Waals surface area contributed by atoms with Gasteiger partial charge in [0.2, 0.25) is 5.76 Å². The third-order valence-corrected chi connectivity index (χ3v) is 3.62. The number of benzene rings is 2. The molecule has 0 aliphatic rings. The minimum Gasteiger partial charge on any atom is -0.496 e. The zero-order valence-corrected chi connectivity index (χ0v) is 14.3. The van der Waals surface area contributed by atoms with E-state index < -0.39 is 5.97 Å². The van der Waals surface area contributed by atoms with E-state index in [0.717, 1.165) is 0 Å². The number of nitrogens with one attached hydrogen (secondary N) is 1. The Kier molecular flexibility index (Phi) is 5.03. The first kappa shape index (κ1) is 17.3. The Bertz CT molecular complexity index is 927. The predicted molar refractivity (Wildman–Crippen MR) is 95.8 cm³/mol. The normalized spacial score (nSPS) is 10.2. The van der Waals surface area contributed by atoms with E-state index in [2.05, 4.69) is 5.32 Å². The first-order chi connectivity index (χ1) is 12.6. The quantitative estimate of drug-likeness (QED) is 0.554. The van der Waals surface area contributed by atoms with E-state index in [1.165, 1.54) is 7.11 Å². The SMILES string of the molecule is COc1ccccc1C(=O)Nc1ccc(OC(=O)c2ccc(C)o2)cc1. The maximum atomic E-state index is 12.4. The minimum atomic E-state index is -0.580. The van der Waals surface area contributed by atoms with Crippen LogP contribution in [0.3, 0.4) is 0 Å². The summed E-state index contributed by atoms with van der Waals surface area (Å²) in [7, 11) is 1.51. The fourth-order valence-electron chi connectivity index (χ4n) is 2.34. The number of ether oxygens (including phenoxy) is 2. The van der Waals surface area contributed by atoms with Crippen LogP contribution in [0, 0.1) is 6.92 Å². The Labute approximate surface area is 150 Å². The molecule has 1 N–H and O–H groups in total. The highest BCUT2D eigenvalue weighted by Gasteiger charge is 2.14. The van der Waals surface area contributed by atoms with Gasteiger partial charge in [-0.05, 0) is 55.5 Å². The van der Waals surface area contributed by atoms with Gasteiger partial charge in [0.1, 0.15) is 17.3 Å². The molecule has 1 heterocycles. The third kappa shape index (κ3) is 3.92. The van der Waals surface area contributed by atoms with Gasteiger partial charge in [0.25, 0.3) is 5.91 Å². The number of amides is 1. The monoisotopic (exact) mass is 351 g/mol. The fraction of sp³-hybridized carbons (Fsp3) is 0.100. The Hall–Kier alpha value is -3.54. The molecule has 0 aliphatic carbocycles. The van der Waals surface area contributed by atoms with Crippen molar-refractivity contribution in [2.24, 2.45) is 0 Å². The molecular formula is C20H17NO5. The second-order valence-corrected chi connectivity index (χ2v) is 5.48. The van der Waals surface area contributed by atoms with Crippen LogP contribution in [-0.4, -0.2) is 19.0 Å². The van der Waals surface area contributed by atoms with Crippen LogP contribution in [0.1, 0.15) is 26.7 Å². The summed E-state index contributed by atoms with van der Waals surface area (Å²) in [6.07, 6.45) is 0. The van der Waals surface area contributed by atoms with Gasteiger partial charge in [-0.2, -0.15) is 0 Å². The van der Waals surface area contributed by atoms with Gasteiger partial charge in [-0.25, -0.2) is 4.79 Å². The van der Waals surface area contributed by atoms with E-state index >= 15 is 0 Å². The maximum Gasteiger partial charge on any atom is 0.379 e. The van der Waals surface area contributed by atoms with Crippen LogP contribution in [0.15, 0.2) is 65.1 Å². The Morgan fingerprint density at radius 1 is 0.962 bits per heavy atom. The molecule has 0 bridgehead atoms. The van der Waals surface area contributed by atoms with Gasteiger partial charge in [0.15, 0.2) is 0 Å². The summed E-state index contributed by atoms with van der Waals surface area (Å²) >= 11 is 0. The number of esters is 1. The zero-order chi connectivity index (χ0) is 18.5. The van der Waals surface area contributed by atoms with Gasteiger partial charge in [0.05, 0.1) is 12.7 Å². The first-order valence-electron chi connectivity index (χ1n) is 7.90. The van der Waals surface area contributed by atoms with Gasteiger partial charge in [-0.15, -0.1) is 0 Å².